The molecule has 6 fully saturated rings. The molecule has 0 radical (unpaired) electrons. The Kier molecular flexibility index (Phi) is 10.5. The maximum absolute atomic E-state index is 15.5. The van der Waals surface area contributed by atoms with Gasteiger partial charge in [-0.2, -0.15) is 0 Å². The summed E-state index contributed by atoms with van der Waals surface area (Å²) in [6, 6.07) is 2.82. The topological polar surface area (TPSA) is 230 Å². The summed E-state index contributed by atoms with van der Waals surface area (Å²) in [7, 11) is 0. The summed E-state index contributed by atoms with van der Waals surface area (Å²) in [6.07, 6.45) is 5.75. The molecule has 5 saturated carbocycles. The average Bonchev–Trinajstić information content (AvgIpc) is 3.80. The first-order valence-corrected chi connectivity index (χ1v) is 24.5. The number of carbonyl (C=O) groups excluding carboxylic acids is 1. The van der Waals surface area contributed by atoms with Crippen molar-refractivity contribution in [2.45, 2.75) is 152 Å². The molecule has 2 bridgehead atoms. The van der Waals surface area contributed by atoms with Crippen LogP contribution in [-0.4, -0.2) is 132 Å². The van der Waals surface area contributed by atoms with E-state index in [2.05, 4.69) is 25.2 Å². The minimum atomic E-state index is -1.82. The number of benzene rings is 1. The lowest BCUT2D eigenvalue weighted by Gasteiger charge is -2.70. The highest BCUT2D eigenvalue weighted by Gasteiger charge is 2.85. The number of nitrogens with one attached hydrogen (secondary N) is 1. The summed E-state index contributed by atoms with van der Waals surface area (Å²) in [5.74, 6) is -4.63. The van der Waals surface area contributed by atoms with Gasteiger partial charge in [-0.05, 0) is 121 Å². The van der Waals surface area contributed by atoms with Crippen LogP contribution in [0.3, 0.4) is 0 Å². The smallest absolute Gasteiger partial charge is 0.160 e. The van der Waals surface area contributed by atoms with Crippen molar-refractivity contribution >= 4 is 5.78 Å². The van der Waals surface area contributed by atoms with Crippen molar-refractivity contribution in [3.8, 4) is 11.5 Å². The van der Waals surface area contributed by atoms with Gasteiger partial charge in [0.25, 0.3) is 0 Å². The van der Waals surface area contributed by atoms with Crippen LogP contribution in [0.25, 0.3) is 0 Å². The van der Waals surface area contributed by atoms with Crippen LogP contribution < -0.4 is 5.32 Å². The fourth-order valence-electron chi connectivity index (χ4n) is 18.2. The van der Waals surface area contributed by atoms with Crippen molar-refractivity contribution in [3.05, 3.63) is 46.6 Å². The number of hydrogen-bond donors (Lipinski definition) is 10. The van der Waals surface area contributed by atoms with Crippen molar-refractivity contribution in [3.63, 3.8) is 0 Å². The van der Waals surface area contributed by atoms with Crippen LogP contribution >= 0.6 is 0 Å². The molecule has 1 aromatic carbocycles. The van der Waals surface area contributed by atoms with E-state index in [1.165, 1.54) is 6.07 Å². The van der Waals surface area contributed by atoms with Crippen LogP contribution in [-0.2, 0) is 20.7 Å². The number of phenolic OH excluding ortho intramolecular Hbond substituents is 2. The summed E-state index contributed by atoms with van der Waals surface area (Å²) in [6.45, 7) is 10.8. The van der Waals surface area contributed by atoms with Gasteiger partial charge in [0.2, 0.25) is 0 Å². The summed E-state index contributed by atoms with van der Waals surface area (Å²) in [4.78, 5) is 15.5. The number of likely N-dealkylation sites (N-methyl/N-ethyl adjacent to an activating group) is 1. The molecule has 18 unspecified atom stereocenters. The van der Waals surface area contributed by atoms with E-state index in [-0.39, 0.29) is 99.0 Å². The number of aliphatic hydroxyl groups is 7. The van der Waals surface area contributed by atoms with Crippen LogP contribution in [0.5, 0.6) is 11.5 Å². The predicted octanol–water partition coefficient (Wildman–Crippen LogP) is 3.54. The lowest BCUT2D eigenvalue weighted by atomic mass is 9.35. The summed E-state index contributed by atoms with van der Waals surface area (Å²) in [5.41, 5.74) is -7.27. The number of hydrogen-bond acceptors (Lipinski definition) is 13. The first-order valence-electron chi connectivity index (χ1n) is 24.5. The number of ketones is 1. The number of aromatic hydroxyl groups is 2. The molecule has 0 amide bonds. The van der Waals surface area contributed by atoms with Gasteiger partial charge in [-0.1, -0.05) is 52.7 Å². The Hall–Kier alpha value is -2.43. The molecule has 2 spiro atoms. The second-order valence-corrected chi connectivity index (χ2v) is 23.0. The van der Waals surface area contributed by atoms with Gasteiger partial charge >= 0.3 is 0 Å². The van der Waals surface area contributed by atoms with Crippen LogP contribution in [0.4, 0.5) is 0 Å². The minimum absolute atomic E-state index is 0.0413. The molecule has 13 nitrogen and oxygen atoms in total. The molecule has 1 aliphatic heterocycles. The molecule has 10 N–H and O–H groups in total. The van der Waals surface area contributed by atoms with Crippen LogP contribution in [0.2, 0.25) is 0 Å². The molecule has 0 aromatic heterocycles. The molecule has 13 heteroatoms. The van der Waals surface area contributed by atoms with Gasteiger partial charge in [0.05, 0.1) is 42.7 Å². The lowest BCUT2D eigenvalue weighted by Crippen LogP contribution is -2.73. The van der Waals surface area contributed by atoms with Crippen molar-refractivity contribution in [2.24, 2.45) is 57.2 Å². The number of phenols is 2. The number of fused-ring (bicyclic) bond motifs is 14. The van der Waals surface area contributed by atoms with Gasteiger partial charge in [-0.3, -0.25) is 4.79 Å². The second kappa shape index (κ2) is 14.8. The maximum Gasteiger partial charge on any atom is 0.160 e. The molecule has 354 valence electrons. The molecular formula is C51H73NO12. The van der Waals surface area contributed by atoms with E-state index < -0.39 is 80.6 Å². The fraction of sp³-hybridized carbons (Fsp3) is 0.784. The summed E-state index contributed by atoms with van der Waals surface area (Å²) < 4.78 is 13.9. The number of carbonyl (C=O) groups is 1. The van der Waals surface area contributed by atoms with Gasteiger partial charge in [0.15, 0.2) is 5.78 Å². The zero-order valence-corrected chi connectivity index (χ0v) is 38.4. The van der Waals surface area contributed by atoms with Crippen molar-refractivity contribution in [1.29, 1.82) is 0 Å². The lowest BCUT2D eigenvalue weighted by molar-refractivity contribution is -0.258. The van der Waals surface area contributed by atoms with Crippen molar-refractivity contribution in [2.75, 3.05) is 39.5 Å². The average molecular weight is 892 g/mol. The van der Waals surface area contributed by atoms with Crippen molar-refractivity contribution in [1.82, 2.24) is 5.32 Å². The minimum Gasteiger partial charge on any atom is -0.508 e. The SMILES string of the molecule is CCNCC1=CC2(C)CCC1C1(OC3CC4(O)C5=CC(=O)C6C7c8cc(O)cc(O)c8CCC7(O)C(OCCO)CC6(C)C5C5(CCCC5CO)CC4(C)C3C1(O)CCO)C(O)C2C. The fourth-order valence-corrected chi connectivity index (χ4v) is 18.2. The molecule has 11 rings (SSSR count). The van der Waals surface area contributed by atoms with Gasteiger partial charge in [0.1, 0.15) is 22.7 Å². The monoisotopic (exact) mass is 892 g/mol. The maximum atomic E-state index is 15.5. The first-order chi connectivity index (χ1) is 30.2. The molecule has 9 aliphatic carbocycles. The van der Waals surface area contributed by atoms with E-state index in [1.54, 1.807) is 12.1 Å². The molecule has 64 heavy (non-hydrogen) atoms. The Labute approximate surface area is 377 Å². The zero-order chi connectivity index (χ0) is 45.8. The van der Waals surface area contributed by atoms with E-state index in [0.717, 1.165) is 25.0 Å². The van der Waals surface area contributed by atoms with Gasteiger partial charge < -0.3 is 60.7 Å². The number of ether oxygens (including phenoxy) is 2. The number of aliphatic hydroxyl groups excluding tert-OH is 4. The molecule has 1 heterocycles. The summed E-state index contributed by atoms with van der Waals surface area (Å²) in [5, 5.41) is 112. The highest BCUT2D eigenvalue weighted by atomic mass is 16.6. The van der Waals surface area contributed by atoms with E-state index in [9.17, 15) is 46.0 Å². The van der Waals surface area contributed by atoms with Crippen LogP contribution in [0, 0.1) is 57.2 Å². The Bertz CT molecular complexity index is 2150. The molecule has 18 atom stereocenters. The third-order valence-electron chi connectivity index (χ3n) is 20.6. The highest BCUT2D eigenvalue weighted by Crippen LogP contribution is 2.81. The highest BCUT2D eigenvalue weighted by molar-refractivity contribution is 5.96. The first kappa shape index (κ1) is 45.4. The van der Waals surface area contributed by atoms with Crippen molar-refractivity contribution < 1.29 is 60.2 Å². The number of rotatable bonds is 9. The number of allylic oxidation sites excluding steroid dienone is 2. The third kappa shape index (κ3) is 5.40. The molecule has 10 aliphatic rings. The predicted molar refractivity (Wildman–Crippen MR) is 235 cm³/mol. The Morgan fingerprint density at radius 3 is 2.44 bits per heavy atom. The Morgan fingerprint density at radius 1 is 0.969 bits per heavy atom. The molecular weight excluding hydrogens is 819 g/mol. The Morgan fingerprint density at radius 2 is 1.73 bits per heavy atom. The van der Waals surface area contributed by atoms with E-state index in [4.69, 9.17) is 9.47 Å². The third-order valence-corrected chi connectivity index (χ3v) is 20.6. The van der Waals surface area contributed by atoms with Gasteiger partial charge in [0, 0.05) is 67.8 Å². The van der Waals surface area contributed by atoms with E-state index >= 15 is 4.79 Å². The summed E-state index contributed by atoms with van der Waals surface area (Å²) >= 11 is 0. The second-order valence-electron chi connectivity index (χ2n) is 23.0. The molecule has 1 aromatic rings. The molecule has 1 saturated heterocycles. The van der Waals surface area contributed by atoms with Crippen LogP contribution in [0.15, 0.2) is 35.4 Å². The van der Waals surface area contributed by atoms with Crippen LogP contribution in [0.1, 0.15) is 116 Å². The normalized spacial score (nSPS) is 50.9. The standard InChI is InChI=1S/C51H73NO12/c1-6-52-24-28-21-44(3)12-10-33(28)51(43(59)27(44)2)49(61,14-15-53)42-37(64-51)22-50(62)34-20-36(58)40-39-32-18-30(56)19-35(57)31(32)9-13-48(39,60)38(63-17-16-54)23-45(40,4)41(34)47(26-46(42,50)5)11-7-8-29(47)25-55/h18-21,27,29,33,37-43,52-57,59-62H,6-17,22-26H2,1-5H3. The Balaban J connectivity index is 1.17. The largest absolute Gasteiger partial charge is 0.508 e. The zero-order valence-electron chi connectivity index (χ0n) is 38.4. The van der Waals surface area contributed by atoms with Gasteiger partial charge in [-0.25, -0.2) is 0 Å². The quantitative estimate of drug-likeness (QED) is 0.160. The van der Waals surface area contributed by atoms with Gasteiger partial charge in [-0.15, -0.1) is 0 Å². The van der Waals surface area contributed by atoms with E-state index in [1.807, 2.05) is 20.8 Å². The van der Waals surface area contributed by atoms with E-state index in [0.29, 0.717) is 48.9 Å².